The zero-order chi connectivity index (χ0) is 13.0. The molecule has 0 radical (unpaired) electrons. The van der Waals surface area contributed by atoms with Gasteiger partial charge in [0.2, 0.25) is 0 Å². The van der Waals surface area contributed by atoms with Crippen molar-refractivity contribution >= 4 is 11.6 Å². The minimum Gasteiger partial charge on any atom is -0.496 e. The number of hydrogen-bond acceptors (Lipinski definition) is 3. The molecule has 4 heteroatoms. The number of ether oxygens (including phenoxy) is 1. The number of halogens is 1. The lowest BCUT2D eigenvalue weighted by molar-refractivity contribution is 0.405. The van der Waals surface area contributed by atoms with Crippen molar-refractivity contribution in [1.29, 1.82) is 0 Å². The summed E-state index contributed by atoms with van der Waals surface area (Å²) in [4.78, 5) is 4.15. The smallest absolute Gasteiger partial charge is 0.125 e. The van der Waals surface area contributed by atoms with Crippen molar-refractivity contribution in [3.8, 4) is 5.75 Å². The Balaban J connectivity index is 2.45. The fourth-order valence-corrected chi connectivity index (χ4v) is 2.13. The molecule has 94 valence electrons. The summed E-state index contributed by atoms with van der Waals surface area (Å²) < 4.78 is 5.39. The van der Waals surface area contributed by atoms with E-state index in [0.29, 0.717) is 5.02 Å². The van der Waals surface area contributed by atoms with E-state index in [1.54, 1.807) is 13.3 Å². The standard InChI is InChI=1S/C14H15ClN2O/c1-16-14(10-4-3-7-17-9-10)12-6-5-11(15)8-13(12)18-2/h3-9,14,16H,1-2H3. The highest BCUT2D eigenvalue weighted by atomic mass is 35.5. The molecule has 1 N–H and O–H groups in total. The number of aromatic nitrogens is 1. The molecule has 0 spiro atoms. The molecule has 1 aromatic heterocycles. The zero-order valence-electron chi connectivity index (χ0n) is 10.4. The van der Waals surface area contributed by atoms with Crippen molar-refractivity contribution in [2.75, 3.05) is 14.2 Å². The van der Waals surface area contributed by atoms with Crippen molar-refractivity contribution in [2.24, 2.45) is 0 Å². The van der Waals surface area contributed by atoms with Crippen LogP contribution in [-0.4, -0.2) is 19.1 Å². The number of rotatable bonds is 4. The van der Waals surface area contributed by atoms with E-state index >= 15 is 0 Å². The second-order valence-electron chi connectivity index (χ2n) is 3.89. The second kappa shape index (κ2) is 5.85. The Morgan fingerprint density at radius 3 is 2.78 bits per heavy atom. The summed E-state index contributed by atoms with van der Waals surface area (Å²) in [7, 11) is 3.55. The van der Waals surface area contributed by atoms with E-state index in [-0.39, 0.29) is 6.04 Å². The molecule has 3 nitrogen and oxygen atoms in total. The number of benzene rings is 1. The van der Waals surface area contributed by atoms with E-state index < -0.39 is 0 Å². The highest BCUT2D eigenvalue weighted by Crippen LogP contribution is 2.31. The molecular formula is C14H15ClN2O. The molecular weight excluding hydrogens is 248 g/mol. The van der Waals surface area contributed by atoms with Gasteiger partial charge in [0.05, 0.1) is 13.2 Å². The Kier molecular flexibility index (Phi) is 4.18. The molecule has 1 unspecified atom stereocenters. The van der Waals surface area contributed by atoms with Gasteiger partial charge in [-0.2, -0.15) is 0 Å². The number of methoxy groups -OCH3 is 1. The van der Waals surface area contributed by atoms with Gasteiger partial charge >= 0.3 is 0 Å². The van der Waals surface area contributed by atoms with Crippen LogP contribution in [0, 0.1) is 0 Å². The molecule has 1 atom stereocenters. The van der Waals surface area contributed by atoms with Crippen LogP contribution in [0.15, 0.2) is 42.7 Å². The Morgan fingerprint density at radius 2 is 2.17 bits per heavy atom. The molecule has 0 saturated carbocycles. The van der Waals surface area contributed by atoms with Crippen LogP contribution in [0.5, 0.6) is 5.75 Å². The zero-order valence-corrected chi connectivity index (χ0v) is 11.1. The topological polar surface area (TPSA) is 34.2 Å². The van der Waals surface area contributed by atoms with Crippen LogP contribution in [0.25, 0.3) is 0 Å². The summed E-state index contributed by atoms with van der Waals surface area (Å²) in [5.41, 5.74) is 2.12. The van der Waals surface area contributed by atoms with Gasteiger partial charge in [0.1, 0.15) is 5.75 Å². The summed E-state index contributed by atoms with van der Waals surface area (Å²) in [5.74, 6) is 0.769. The van der Waals surface area contributed by atoms with Crippen LogP contribution in [0.3, 0.4) is 0 Å². The first kappa shape index (κ1) is 12.9. The van der Waals surface area contributed by atoms with Crippen molar-refractivity contribution in [1.82, 2.24) is 10.3 Å². The maximum atomic E-state index is 5.98. The molecule has 2 aromatic rings. The van der Waals surface area contributed by atoms with Crippen LogP contribution in [0.4, 0.5) is 0 Å². The third kappa shape index (κ3) is 2.63. The molecule has 2 rings (SSSR count). The van der Waals surface area contributed by atoms with Gasteiger partial charge in [-0.3, -0.25) is 4.98 Å². The van der Waals surface area contributed by atoms with Crippen molar-refractivity contribution < 1.29 is 4.74 Å². The fraction of sp³-hybridized carbons (Fsp3) is 0.214. The van der Waals surface area contributed by atoms with E-state index in [9.17, 15) is 0 Å². The Hall–Kier alpha value is -1.58. The van der Waals surface area contributed by atoms with Gasteiger partial charge in [0.25, 0.3) is 0 Å². The van der Waals surface area contributed by atoms with E-state index in [1.165, 1.54) is 0 Å². The predicted octanol–water partition coefficient (Wildman–Crippen LogP) is 3.05. The molecule has 0 bridgehead atoms. The number of nitrogens with zero attached hydrogens (tertiary/aromatic N) is 1. The summed E-state index contributed by atoms with van der Waals surface area (Å²) in [5, 5.41) is 3.93. The highest BCUT2D eigenvalue weighted by molar-refractivity contribution is 6.30. The van der Waals surface area contributed by atoms with Gasteiger partial charge < -0.3 is 10.1 Å². The largest absolute Gasteiger partial charge is 0.496 e. The maximum absolute atomic E-state index is 5.98. The molecule has 0 aliphatic rings. The lowest BCUT2D eigenvalue weighted by Crippen LogP contribution is -2.18. The van der Waals surface area contributed by atoms with Crippen molar-refractivity contribution in [3.05, 3.63) is 58.9 Å². The van der Waals surface area contributed by atoms with Gasteiger partial charge in [-0.1, -0.05) is 23.7 Å². The lowest BCUT2D eigenvalue weighted by Gasteiger charge is -2.19. The van der Waals surface area contributed by atoms with Gasteiger partial charge in [-0.05, 0) is 30.8 Å². The average Bonchev–Trinajstić information content (AvgIpc) is 2.42. The molecule has 0 amide bonds. The van der Waals surface area contributed by atoms with Crippen LogP contribution < -0.4 is 10.1 Å². The predicted molar refractivity (Wildman–Crippen MR) is 73.1 cm³/mol. The van der Waals surface area contributed by atoms with Crippen molar-refractivity contribution in [3.63, 3.8) is 0 Å². The Bertz CT molecular complexity index is 516. The van der Waals surface area contributed by atoms with Gasteiger partial charge in [-0.25, -0.2) is 0 Å². The van der Waals surface area contributed by atoms with Gasteiger partial charge in [0.15, 0.2) is 0 Å². The number of pyridine rings is 1. The minimum atomic E-state index is 0.0333. The van der Waals surface area contributed by atoms with E-state index in [2.05, 4.69) is 10.3 Å². The monoisotopic (exact) mass is 262 g/mol. The minimum absolute atomic E-state index is 0.0333. The summed E-state index contributed by atoms with van der Waals surface area (Å²) in [6.45, 7) is 0. The lowest BCUT2D eigenvalue weighted by atomic mass is 9.99. The van der Waals surface area contributed by atoms with Crippen LogP contribution in [0.2, 0.25) is 5.02 Å². The first-order valence-corrected chi connectivity index (χ1v) is 6.04. The third-order valence-corrected chi connectivity index (χ3v) is 3.05. The number of hydrogen-bond donors (Lipinski definition) is 1. The van der Waals surface area contributed by atoms with Crippen LogP contribution >= 0.6 is 11.6 Å². The van der Waals surface area contributed by atoms with E-state index in [0.717, 1.165) is 16.9 Å². The second-order valence-corrected chi connectivity index (χ2v) is 4.33. The summed E-state index contributed by atoms with van der Waals surface area (Å²) in [6.07, 6.45) is 3.60. The summed E-state index contributed by atoms with van der Waals surface area (Å²) >= 11 is 5.98. The van der Waals surface area contributed by atoms with E-state index in [4.69, 9.17) is 16.3 Å². The normalized spacial score (nSPS) is 12.2. The van der Waals surface area contributed by atoms with Crippen LogP contribution in [0.1, 0.15) is 17.2 Å². The van der Waals surface area contributed by atoms with Gasteiger partial charge in [0, 0.05) is 23.0 Å². The number of nitrogens with one attached hydrogen (secondary N) is 1. The highest BCUT2D eigenvalue weighted by Gasteiger charge is 2.16. The molecule has 1 aromatic carbocycles. The van der Waals surface area contributed by atoms with Gasteiger partial charge in [-0.15, -0.1) is 0 Å². The third-order valence-electron chi connectivity index (χ3n) is 2.81. The van der Waals surface area contributed by atoms with Crippen molar-refractivity contribution in [2.45, 2.75) is 6.04 Å². The fourth-order valence-electron chi connectivity index (χ4n) is 1.97. The molecule has 0 fully saturated rings. The van der Waals surface area contributed by atoms with E-state index in [1.807, 2.05) is 43.6 Å². The SMILES string of the molecule is CNC(c1cccnc1)c1ccc(Cl)cc1OC. The van der Waals surface area contributed by atoms with Crippen LogP contribution in [-0.2, 0) is 0 Å². The Labute approximate surface area is 112 Å². The molecule has 0 saturated heterocycles. The molecule has 18 heavy (non-hydrogen) atoms. The maximum Gasteiger partial charge on any atom is 0.125 e. The molecule has 0 aliphatic heterocycles. The first-order valence-electron chi connectivity index (χ1n) is 5.67. The Morgan fingerprint density at radius 1 is 1.33 bits per heavy atom. The molecule has 1 heterocycles. The molecule has 0 aliphatic carbocycles. The average molecular weight is 263 g/mol. The quantitative estimate of drug-likeness (QED) is 0.920. The summed E-state index contributed by atoms with van der Waals surface area (Å²) in [6, 6.07) is 9.63. The first-order chi connectivity index (χ1) is 8.76.